The Bertz CT molecular complexity index is 429. The van der Waals surface area contributed by atoms with Crippen molar-refractivity contribution < 1.29 is 9.53 Å². The normalized spacial score (nSPS) is 15.6. The molecule has 0 aromatic heterocycles. The number of carbonyl (C=O) groups excluding carboxylic acids is 1. The standard InChI is InChI=1S/C13H18N2O2/c1-3-17-12-6-4-5-11-10(12)7-8-15(11)13(16)9(2)14/h4-6,9H,3,7-8,14H2,1-2H3/t9-/m0/s1. The van der Waals surface area contributed by atoms with Crippen LogP contribution in [0.15, 0.2) is 18.2 Å². The summed E-state index contributed by atoms with van der Waals surface area (Å²) >= 11 is 0. The molecule has 0 aliphatic carbocycles. The fourth-order valence-electron chi connectivity index (χ4n) is 2.17. The molecule has 0 bridgehead atoms. The summed E-state index contributed by atoms with van der Waals surface area (Å²) < 4.78 is 5.57. The van der Waals surface area contributed by atoms with Crippen molar-refractivity contribution in [3.63, 3.8) is 0 Å². The molecule has 0 saturated carbocycles. The molecule has 4 heteroatoms. The molecule has 1 aromatic rings. The summed E-state index contributed by atoms with van der Waals surface area (Å²) in [4.78, 5) is 13.7. The zero-order valence-corrected chi connectivity index (χ0v) is 10.3. The van der Waals surface area contributed by atoms with E-state index >= 15 is 0 Å². The van der Waals surface area contributed by atoms with E-state index in [1.54, 1.807) is 11.8 Å². The highest BCUT2D eigenvalue weighted by atomic mass is 16.5. The highest BCUT2D eigenvalue weighted by Gasteiger charge is 2.28. The van der Waals surface area contributed by atoms with Gasteiger partial charge >= 0.3 is 0 Å². The van der Waals surface area contributed by atoms with Gasteiger partial charge in [-0.1, -0.05) is 6.07 Å². The first-order valence-electron chi connectivity index (χ1n) is 5.96. The number of benzene rings is 1. The van der Waals surface area contributed by atoms with Crippen molar-refractivity contribution in [3.8, 4) is 5.75 Å². The molecule has 0 radical (unpaired) electrons. The molecule has 0 spiro atoms. The maximum atomic E-state index is 11.9. The Morgan fingerprint density at radius 1 is 1.59 bits per heavy atom. The van der Waals surface area contributed by atoms with E-state index in [4.69, 9.17) is 10.5 Å². The maximum absolute atomic E-state index is 11.9. The fourth-order valence-corrected chi connectivity index (χ4v) is 2.17. The lowest BCUT2D eigenvalue weighted by molar-refractivity contribution is -0.119. The molecule has 2 N–H and O–H groups in total. The molecule has 0 fully saturated rings. The molecule has 17 heavy (non-hydrogen) atoms. The summed E-state index contributed by atoms with van der Waals surface area (Å²) in [6, 6.07) is 5.35. The van der Waals surface area contributed by atoms with Crippen LogP contribution in [0.1, 0.15) is 19.4 Å². The number of carbonyl (C=O) groups is 1. The summed E-state index contributed by atoms with van der Waals surface area (Å²) in [5.74, 6) is 0.849. The van der Waals surface area contributed by atoms with Gasteiger partial charge in [0.25, 0.3) is 0 Å². The average Bonchev–Trinajstić information content (AvgIpc) is 2.73. The minimum Gasteiger partial charge on any atom is -0.494 e. The van der Waals surface area contributed by atoms with Crippen LogP contribution in [0.2, 0.25) is 0 Å². The van der Waals surface area contributed by atoms with Crippen LogP contribution in [-0.4, -0.2) is 25.1 Å². The topological polar surface area (TPSA) is 55.6 Å². The Labute approximate surface area is 101 Å². The molecule has 1 heterocycles. The number of rotatable bonds is 3. The smallest absolute Gasteiger partial charge is 0.243 e. The van der Waals surface area contributed by atoms with Crippen molar-refractivity contribution in [2.45, 2.75) is 26.3 Å². The number of nitrogens with zero attached hydrogens (tertiary/aromatic N) is 1. The van der Waals surface area contributed by atoms with Gasteiger partial charge in [0.15, 0.2) is 0 Å². The number of hydrogen-bond donors (Lipinski definition) is 1. The highest BCUT2D eigenvalue weighted by Crippen LogP contribution is 2.35. The van der Waals surface area contributed by atoms with Gasteiger partial charge in [-0.2, -0.15) is 0 Å². The number of anilines is 1. The summed E-state index contributed by atoms with van der Waals surface area (Å²) in [7, 11) is 0. The molecule has 2 rings (SSSR count). The largest absolute Gasteiger partial charge is 0.494 e. The third-order valence-electron chi connectivity index (χ3n) is 2.94. The van der Waals surface area contributed by atoms with Crippen molar-refractivity contribution in [2.75, 3.05) is 18.1 Å². The summed E-state index contributed by atoms with van der Waals surface area (Å²) in [5.41, 5.74) is 7.70. The summed E-state index contributed by atoms with van der Waals surface area (Å²) in [5, 5.41) is 0. The van der Waals surface area contributed by atoms with E-state index in [9.17, 15) is 4.79 Å². The summed E-state index contributed by atoms with van der Waals surface area (Å²) in [6.07, 6.45) is 0.837. The van der Waals surface area contributed by atoms with E-state index in [2.05, 4.69) is 0 Å². The Morgan fingerprint density at radius 3 is 3.00 bits per heavy atom. The zero-order valence-electron chi connectivity index (χ0n) is 10.3. The van der Waals surface area contributed by atoms with Crippen LogP contribution >= 0.6 is 0 Å². The van der Waals surface area contributed by atoms with Crippen LogP contribution < -0.4 is 15.4 Å². The van der Waals surface area contributed by atoms with Crippen molar-refractivity contribution in [1.29, 1.82) is 0 Å². The second-order valence-corrected chi connectivity index (χ2v) is 4.22. The predicted octanol–water partition coefficient (Wildman–Crippen LogP) is 1.32. The first kappa shape index (κ1) is 11.9. The Hall–Kier alpha value is -1.55. The SMILES string of the molecule is CCOc1cccc2c1CCN2C(=O)[C@H](C)N. The molecule has 0 unspecified atom stereocenters. The maximum Gasteiger partial charge on any atom is 0.243 e. The molecule has 1 aliphatic heterocycles. The second-order valence-electron chi connectivity index (χ2n) is 4.22. The lowest BCUT2D eigenvalue weighted by Gasteiger charge is -2.19. The van der Waals surface area contributed by atoms with Gasteiger partial charge in [-0.15, -0.1) is 0 Å². The second kappa shape index (κ2) is 4.75. The Morgan fingerprint density at radius 2 is 2.35 bits per heavy atom. The molecule has 92 valence electrons. The number of ether oxygens (including phenoxy) is 1. The number of nitrogens with two attached hydrogens (primary N) is 1. The molecule has 0 saturated heterocycles. The predicted molar refractivity (Wildman–Crippen MR) is 67.3 cm³/mol. The van der Waals surface area contributed by atoms with Gasteiger partial charge in [0, 0.05) is 12.1 Å². The third-order valence-corrected chi connectivity index (χ3v) is 2.94. The van der Waals surface area contributed by atoms with Gasteiger partial charge in [-0.25, -0.2) is 0 Å². The third kappa shape index (κ3) is 2.13. The van der Waals surface area contributed by atoms with Gasteiger partial charge in [-0.05, 0) is 32.4 Å². The first-order valence-corrected chi connectivity index (χ1v) is 5.96. The number of fused-ring (bicyclic) bond motifs is 1. The first-order chi connectivity index (χ1) is 8.15. The van der Waals surface area contributed by atoms with Crippen molar-refractivity contribution in [1.82, 2.24) is 0 Å². The monoisotopic (exact) mass is 234 g/mol. The molecule has 1 aromatic carbocycles. The average molecular weight is 234 g/mol. The molecule has 1 aliphatic rings. The summed E-state index contributed by atoms with van der Waals surface area (Å²) in [6.45, 7) is 5.00. The van der Waals surface area contributed by atoms with Gasteiger partial charge in [0.05, 0.1) is 18.3 Å². The van der Waals surface area contributed by atoms with E-state index in [0.717, 1.165) is 23.4 Å². The van der Waals surface area contributed by atoms with Gasteiger partial charge in [0.2, 0.25) is 5.91 Å². The van der Waals surface area contributed by atoms with E-state index in [0.29, 0.717) is 13.2 Å². The fraction of sp³-hybridized carbons (Fsp3) is 0.462. The van der Waals surface area contributed by atoms with Crippen molar-refractivity contribution in [2.24, 2.45) is 5.73 Å². The van der Waals surface area contributed by atoms with Crippen LogP contribution in [-0.2, 0) is 11.2 Å². The van der Waals surface area contributed by atoms with Crippen LogP contribution in [0, 0.1) is 0 Å². The lowest BCUT2D eigenvalue weighted by Crippen LogP contribution is -2.41. The molecular formula is C13H18N2O2. The van der Waals surface area contributed by atoms with E-state index < -0.39 is 6.04 Å². The van der Waals surface area contributed by atoms with Gasteiger partial charge in [-0.3, -0.25) is 4.79 Å². The van der Waals surface area contributed by atoms with E-state index in [1.165, 1.54) is 0 Å². The van der Waals surface area contributed by atoms with Gasteiger partial charge < -0.3 is 15.4 Å². The minimum atomic E-state index is -0.461. The van der Waals surface area contributed by atoms with Crippen LogP contribution in [0.4, 0.5) is 5.69 Å². The Balaban J connectivity index is 2.32. The van der Waals surface area contributed by atoms with Crippen molar-refractivity contribution >= 4 is 11.6 Å². The number of hydrogen-bond acceptors (Lipinski definition) is 3. The van der Waals surface area contributed by atoms with Gasteiger partial charge in [0.1, 0.15) is 5.75 Å². The van der Waals surface area contributed by atoms with Crippen LogP contribution in [0.25, 0.3) is 0 Å². The molecule has 1 amide bonds. The minimum absolute atomic E-state index is 0.0302. The highest BCUT2D eigenvalue weighted by molar-refractivity contribution is 5.99. The van der Waals surface area contributed by atoms with Crippen molar-refractivity contribution in [3.05, 3.63) is 23.8 Å². The quantitative estimate of drug-likeness (QED) is 0.858. The number of amides is 1. The lowest BCUT2D eigenvalue weighted by atomic mass is 10.1. The molecular weight excluding hydrogens is 216 g/mol. The van der Waals surface area contributed by atoms with E-state index in [1.807, 2.05) is 25.1 Å². The molecule has 4 nitrogen and oxygen atoms in total. The zero-order chi connectivity index (χ0) is 12.4. The molecule has 1 atom stereocenters. The Kier molecular flexibility index (Phi) is 3.33. The van der Waals surface area contributed by atoms with Crippen LogP contribution in [0.3, 0.4) is 0 Å². The van der Waals surface area contributed by atoms with E-state index in [-0.39, 0.29) is 5.91 Å². The van der Waals surface area contributed by atoms with Crippen LogP contribution in [0.5, 0.6) is 5.75 Å².